The van der Waals surface area contributed by atoms with Crippen LogP contribution in [-0.2, 0) is 20.3 Å². The van der Waals surface area contributed by atoms with E-state index in [0.29, 0.717) is 10.6 Å². The maximum atomic E-state index is 12.6. The summed E-state index contributed by atoms with van der Waals surface area (Å²) in [6, 6.07) is 23.6. The Labute approximate surface area is 172 Å². The van der Waals surface area contributed by atoms with Crippen molar-refractivity contribution < 1.29 is 18.5 Å². The summed E-state index contributed by atoms with van der Waals surface area (Å²) in [4.78, 5) is 25.5. The van der Waals surface area contributed by atoms with E-state index >= 15 is 0 Å². The average Bonchev–Trinajstić information content (AvgIpc) is 2.74. The van der Waals surface area contributed by atoms with Crippen LogP contribution in [0.25, 0.3) is 11.1 Å². The first-order valence-electron chi connectivity index (χ1n) is 9.06. The van der Waals surface area contributed by atoms with E-state index in [1.54, 1.807) is 24.3 Å². The summed E-state index contributed by atoms with van der Waals surface area (Å²) < 4.78 is 17.1. The van der Waals surface area contributed by atoms with Crippen molar-refractivity contribution in [1.29, 1.82) is 0 Å². The molecule has 0 heterocycles. The molecule has 0 aliphatic rings. The molecule has 0 radical (unpaired) electrons. The molecule has 5 nitrogen and oxygen atoms in total. The molecule has 1 amide bonds. The largest absolute Gasteiger partial charge is 0.449 e. The van der Waals surface area contributed by atoms with Crippen LogP contribution in [0.2, 0.25) is 0 Å². The molecule has 0 aliphatic heterocycles. The predicted octanol–water partition coefficient (Wildman–Crippen LogP) is 4.28. The van der Waals surface area contributed by atoms with Crippen LogP contribution in [0, 0.1) is 0 Å². The average molecular weight is 407 g/mol. The Morgan fingerprint density at radius 3 is 2.24 bits per heavy atom. The molecule has 0 saturated heterocycles. The molecule has 3 aromatic rings. The summed E-state index contributed by atoms with van der Waals surface area (Å²) >= 11 is 0. The first kappa shape index (κ1) is 20.5. The fourth-order valence-corrected chi connectivity index (χ4v) is 3.59. The summed E-state index contributed by atoms with van der Waals surface area (Å²) in [5.41, 5.74) is 2.65. The highest BCUT2D eigenvalue weighted by Gasteiger charge is 2.22. The van der Waals surface area contributed by atoms with Gasteiger partial charge in [0.15, 0.2) is 6.10 Å². The molecule has 0 unspecified atom stereocenters. The first-order valence-corrected chi connectivity index (χ1v) is 10.6. The summed E-state index contributed by atoms with van der Waals surface area (Å²) in [6.45, 7) is 1.50. The Bertz CT molecular complexity index is 1050. The van der Waals surface area contributed by atoms with Gasteiger partial charge >= 0.3 is 5.97 Å². The van der Waals surface area contributed by atoms with Gasteiger partial charge in [-0.05, 0) is 30.7 Å². The van der Waals surface area contributed by atoms with Crippen LogP contribution in [0.4, 0.5) is 5.69 Å². The lowest BCUT2D eigenvalue weighted by Gasteiger charge is -2.16. The topological polar surface area (TPSA) is 72.5 Å². The van der Waals surface area contributed by atoms with Crippen LogP contribution in [0.15, 0.2) is 83.8 Å². The second-order valence-corrected chi connectivity index (χ2v) is 7.75. The Morgan fingerprint density at radius 2 is 1.52 bits per heavy atom. The van der Waals surface area contributed by atoms with E-state index in [9.17, 15) is 13.8 Å². The van der Waals surface area contributed by atoms with Gasteiger partial charge in [0.05, 0.1) is 21.3 Å². The number of benzene rings is 3. The van der Waals surface area contributed by atoms with Crippen molar-refractivity contribution in [3.05, 3.63) is 84.4 Å². The molecule has 148 valence electrons. The normalized spacial score (nSPS) is 12.6. The van der Waals surface area contributed by atoms with Crippen LogP contribution >= 0.6 is 0 Å². The Hall–Kier alpha value is -3.25. The number of carbonyl (C=O) groups is 2. The molecule has 0 bridgehead atoms. The number of esters is 1. The zero-order valence-electron chi connectivity index (χ0n) is 16.1. The molecule has 0 spiro atoms. The Balaban J connectivity index is 1.74. The van der Waals surface area contributed by atoms with Gasteiger partial charge in [-0.15, -0.1) is 0 Å². The highest BCUT2D eigenvalue weighted by Crippen LogP contribution is 2.27. The lowest BCUT2D eigenvalue weighted by Crippen LogP contribution is -2.30. The number of amides is 1. The third-order valence-electron chi connectivity index (χ3n) is 4.34. The molecule has 3 rings (SSSR count). The fourth-order valence-electron chi connectivity index (χ4n) is 2.86. The van der Waals surface area contributed by atoms with Gasteiger partial charge in [-0.1, -0.05) is 60.7 Å². The van der Waals surface area contributed by atoms with E-state index in [1.807, 2.05) is 48.5 Å². The molecule has 6 heteroatoms. The number of rotatable bonds is 6. The second kappa shape index (κ2) is 9.30. The van der Waals surface area contributed by atoms with E-state index < -0.39 is 28.8 Å². The maximum Gasteiger partial charge on any atom is 0.340 e. The first-order chi connectivity index (χ1) is 14.0. The smallest absolute Gasteiger partial charge is 0.340 e. The van der Waals surface area contributed by atoms with Gasteiger partial charge in [0, 0.05) is 17.5 Å². The molecule has 0 aromatic heterocycles. The van der Waals surface area contributed by atoms with E-state index in [0.717, 1.165) is 11.1 Å². The minimum absolute atomic E-state index is 0.192. The van der Waals surface area contributed by atoms with Crippen molar-refractivity contribution in [3.8, 4) is 11.1 Å². The highest BCUT2D eigenvalue weighted by atomic mass is 32.2. The number of nitrogens with one attached hydrogen (secondary N) is 1. The van der Waals surface area contributed by atoms with Crippen molar-refractivity contribution in [3.63, 3.8) is 0 Å². The highest BCUT2D eigenvalue weighted by molar-refractivity contribution is 7.84. The number of anilines is 1. The molecule has 2 atom stereocenters. The van der Waals surface area contributed by atoms with E-state index in [4.69, 9.17) is 4.74 Å². The van der Waals surface area contributed by atoms with Crippen LogP contribution in [0.3, 0.4) is 0 Å². The van der Waals surface area contributed by atoms with Crippen molar-refractivity contribution in [1.82, 2.24) is 0 Å². The zero-order valence-corrected chi connectivity index (χ0v) is 16.9. The van der Waals surface area contributed by atoms with Crippen LogP contribution in [-0.4, -0.2) is 28.4 Å². The fraction of sp³-hybridized carbons (Fsp3) is 0.130. The number of ether oxygens (including phenoxy) is 1. The Morgan fingerprint density at radius 1 is 0.897 bits per heavy atom. The lowest BCUT2D eigenvalue weighted by molar-refractivity contribution is -0.123. The van der Waals surface area contributed by atoms with Gasteiger partial charge in [0.25, 0.3) is 5.91 Å². The molecular weight excluding hydrogens is 386 g/mol. The number of hydrogen-bond acceptors (Lipinski definition) is 4. The summed E-state index contributed by atoms with van der Waals surface area (Å²) in [5.74, 6) is -1.13. The third kappa shape index (κ3) is 4.97. The van der Waals surface area contributed by atoms with Gasteiger partial charge in [-0.3, -0.25) is 9.00 Å². The van der Waals surface area contributed by atoms with Gasteiger partial charge in [0.1, 0.15) is 0 Å². The standard InChI is InChI=1S/C23H21NO4S/c1-16(28-23(26)19-13-7-9-15-21(19)29(2)27)22(25)24-20-14-8-6-12-18(20)17-10-4-3-5-11-17/h3-16H,1-2H3,(H,24,25)/t16-,29-/m0/s1. The molecule has 0 fully saturated rings. The van der Waals surface area contributed by atoms with Gasteiger partial charge in [-0.2, -0.15) is 0 Å². The van der Waals surface area contributed by atoms with Gasteiger partial charge < -0.3 is 10.1 Å². The summed E-state index contributed by atoms with van der Waals surface area (Å²) in [6.07, 6.45) is 0.465. The Kier molecular flexibility index (Phi) is 6.57. The van der Waals surface area contributed by atoms with Crippen molar-refractivity contribution in [2.45, 2.75) is 17.9 Å². The van der Waals surface area contributed by atoms with Gasteiger partial charge in [0.2, 0.25) is 0 Å². The zero-order chi connectivity index (χ0) is 20.8. The minimum atomic E-state index is -1.34. The van der Waals surface area contributed by atoms with E-state index in [1.165, 1.54) is 19.2 Å². The van der Waals surface area contributed by atoms with E-state index in [2.05, 4.69) is 5.32 Å². The van der Waals surface area contributed by atoms with Crippen LogP contribution in [0.1, 0.15) is 17.3 Å². The molecular formula is C23H21NO4S. The van der Waals surface area contributed by atoms with Crippen LogP contribution < -0.4 is 5.32 Å². The molecule has 29 heavy (non-hydrogen) atoms. The number of hydrogen-bond donors (Lipinski definition) is 1. The summed E-state index contributed by atoms with van der Waals surface area (Å²) in [5, 5.41) is 2.83. The predicted molar refractivity (Wildman–Crippen MR) is 114 cm³/mol. The van der Waals surface area contributed by atoms with E-state index in [-0.39, 0.29) is 5.56 Å². The molecule has 0 saturated carbocycles. The quantitative estimate of drug-likeness (QED) is 0.619. The monoisotopic (exact) mass is 407 g/mol. The third-order valence-corrected chi connectivity index (χ3v) is 5.31. The van der Waals surface area contributed by atoms with Crippen LogP contribution in [0.5, 0.6) is 0 Å². The molecule has 3 aromatic carbocycles. The molecule has 0 aliphatic carbocycles. The van der Waals surface area contributed by atoms with Crippen molar-refractivity contribution >= 4 is 28.4 Å². The molecule has 1 N–H and O–H groups in total. The minimum Gasteiger partial charge on any atom is -0.449 e. The lowest BCUT2D eigenvalue weighted by atomic mass is 10.0. The SMILES string of the molecule is C[C@H](OC(=O)c1ccccc1[S@](C)=O)C(=O)Nc1ccccc1-c1ccccc1. The van der Waals surface area contributed by atoms with Crippen molar-refractivity contribution in [2.75, 3.05) is 11.6 Å². The summed E-state index contributed by atoms with van der Waals surface area (Å²) in [7, 11) is -1.34. The van der Waals surface area contributed by atoms with Crippen molar-refractivity contribution in [2.24, 2.45) is 0 Å². The van der Waals surface area contributed by atoms with Gasteiger partial charge in [-0.25, -0.2) is 4.79 Å². The second-order valence-electron chi connectivity index (χ2n) is 6.40. The number of carbonyl (C=O) groups excluding carboxylic acids is 2. The number of para-hydroxylation sites is 1. The maximum absolute atomic E-state index is 12.6.